The summed E-state index contributed by atoms with van der Waals surface area (Å²) in [7, 11) is 0. The zero-order valence-corrected chi connectivity index (χ0v) is 10.5. The summed E-state index contributed by atoms with van der Waals surface area (Å²) >= 11 is 0. The second kappa shape index (κ2) is 4.51. The molecule has 0 saturated carbocycles. The van der Waals surface area contributed by atoms with Crippen LogP contribution in [0.5, 0.6) is 0 Å². The van der Waals surface area contributed by atoms with E-state index in [9.17, 15) is 9.59 Å². The minimum atomic E-state index is -0.219. The van der Waals surface area contributed by atoms with Gasteiger partial charge in [0.25, 0.3) is 11.5 Å². The molecule has 7 nitrogen and oxygen atoms in total. The molecular weight excluding hydrogens is 248 g/mol. The van der Waals surface area contributed by atoms with Crippen LogP contribution in [-0.4, -0.2) is 51.7 Å². The first-order valence-corrected chi connectivity index (χ1v) is 6.11. The fraction of sp³-hybridized carbons (Fsp3) is 0.417. The number of carbonyl (C=O) groups excluding carboxylic acids is 1. The Hall–Kier alpha value is -2.15. The Morgan fingerprint density at radius 2 is 2.16 bits per heavy atom. The molecule has 1 aliphatic rings. The number of fused-ring (bicyclic) bond motifs is 1. The average molecular weight is 262 g/mol. The van der Waals surface area contributed by atoms with Crippen molar-refractivity contribution in [3.63, 3.8) is 0 Å². The van der Waals surface area contributed by atoms with Crippen molar-refractivity contribution < 1.29 is 9.53 Å². The van der Waals surface area contributed by atoms with Crippen LogP contribution in [0.4, 0.5) is 0 Å². The number of nitrogens with zero attached hydrogens (tertiary/aromatic N) is 3. The molecular formula is C12H14N4O3. The van der Waals surface area contributed by atoms with Gasteiger partial charge in [-0.3, -0.25) is 14.7 Å². The van der Waals surface area contributed by atoms with Gasteiger partial charge in [-0.25, -0.2) is 9.50 Å². The molecule has 19 heavy (non-hydrogen) atoms. The number of nitrogens with one attached hydrogen (secondary N) is 1. The lowest BCUT2D eigenvalue weighted by molar-refractivity contribution is 0.0304. The SMILES string of the molecule is Cc1cc(=O)n2[nH]cc(C(=O)N3CCOCC3)c2n1. The Morgan fingerprint density at radius 3 is 2.89 bits per heavy atom. The van der Waals surface area contributed by atoms with Crippen LogP contribution in [0.2, 0.25) is 0 Å². The molecule has 1 fully saturated rings. The van der Waals surface area contributed by atoms with Gasteiger partial charge < -0.3 is 9.64 Å². The van der Waals surface area contributed by atoms with E-state index in [1.807, 2.05) is 0 Å². The van der Waals surface area contributed by atoms with E-state index in [1.54, 1.807) is 11.8 Å². The summed E-state index contributed by atoms with van der Waals surface area (Å²) in [5.41, 5.74) is 1.17. The Kier molecular flexibility index (Phi) is 2.83. The number of hydrogen-bond acceptors (Lipinski definition) is 4. The third kappa shape index (κ3) is 2.01. The van der Waals surface area contributed by atoms with Gasteiger partial charge in [0.15, 0.2) is 5.65 Å². The van der Waals surface area contributed by atoms with Gasteiger partial charge in [-0.05, 0) is 6.92 Å². The van der Waals surface area contributed by atoms with Crippen LogP contribution in [0, 0.1) is 6.92 Å². The van der Waals surface area contributed by atoms with Crippen LogP contribution in [0.15, 0.2) is 17.1 Å². The minimum absolute atomic E-state index is 0.125. The molecule has 1 aliphatic heterocycles. The average Bonchev–Trinajstić information content (AvgIpc) is 2.83. The molecule has 0 bridgehead atoms. The third-order valence-electron chi connectivity index (χ3n) is 3.15. The van der Waals surface area contributed by atoms with Gasteiger partial charge in [-0.1, -0.05) is 0 Å². The van der Waals surface area contributed by atoms with Crippen LogP contribution < -0.4 is 5.56 Å². The number of amides is 1. The van der Waals surface area contributed by atoms with Crippen molar-refractivity contribution in [3.8, 4) is 0 Å². The van der Waals surface area contributed by atoms with Crippen molar-refractivity contribution in [1.29, 1.82) is 0 Å². The number of aromatic amines is 1. The number of aromatic nitrogens is 3. The zero-order chi connectivity index (χ0) is 13.4. The van der Waals surface area contributed by atoms with Gasteiger partial charge in [-0.15, -0.1) is 0 Å². The van der Waals surface area contributed by atoms with Crippen molar-refractivity contribution in [1.82, 2.24) is 19.5 Å². The lowest BCUT2D eigenvalue weighted by atomic mass is 10.2. The van der Waals surface area contributed by atoms with Gasteiger partial charge in [0, 0.05) is 31.0 Å². The van der Waals surface area contributed by atoms with E-state index in [0.717, 1.165) is 0 Å². The topological polar surface area (TPSA) is 79.7 Å². The standard InChI is InChI=1S/C12H14N4O3/c1-8-6-10(17)16-11(14-8)9(7-13-16)12(18)15-2-4-19-5-3-15/h6-7,13H,2-5H2,1H3. The number of aryl methyl sites for hydroxylation is 1. The molecule has 3 rings (SSSR count). The largest absolute Gasteiger partial charge is 0.378 e. The number of rotatable bonds is 1. The molecule has 0 radical (unpaired) electrons. The fourth-order valence-electron chi connectivity index (χ4n) is 2.19. The molecule has 2 aromatic rings. The van der Waals surface area contributed by atoms with E-state index in [4.69, 9.17) is 4.74 Å². The van der Waals surface area contributed by atoms with E-state index in [1.165, 1.54) is 16.8 Å². The summed E-state index contributed by atoms with van der Waals surface area (Å²) in [6, 6.07) is 1.42. The lowest BCUT2D eigenvalue weighted by Gasteiger charge is -2.26. The molecule has 0 aromatic carbocycles. The molecule has 1 amide bonds. The number of ether oxygens (including phenoxy) is 1. The van der Waals surface area contributed by atoms with Gasteiger partial charge in [0.05, 0.1) is 13.2 Å². The predicted molar refractivity (Wildman–Crippen MR) is 67.3 cm³/mol. The summed E-state index contributed by atoms with van der Waals surface area (Å²) in [5, 5.41) is 2.77. The lowest BCUT2D eigenvalue weighted by Crippen LogP contribution is -2.40. The first kappa shape index (κ1) is 11.9. The highest BCUT2D eigenvalue weighted by molar-refractivity contribution is 5.99. The van der Waals surface area contributed by atoms with E-state index in [0.29, 0.717) is 43.2 Å². The Morgan fingerprint density at radius 1 is 1.42 bits per heavy atom. The highest BCUT2D eigenvalue weighted by Gasteiger charge is 2.22. The van der Waals surface area contributed by atoms with E-state index in [-0.39, 0.29) is 11.5 Å². The number of H-pyrrole nitrogens is 1. The Balaban J connectivity index is 2.05. The zero-order valence-electron chi connectivity index (χ0n) is 10.5. The summed E-state index contributed by atoms with van der Waals surface area (Å²) in [6.45, 7) is 3.94. The summed E-state index contributed by atoms with van der Waals surface area (Å²) in [4.78, 5) is 30.1. The second-order valence-electron chi connectivity index (χ2n) is 4.49. The number of morpholine rings is 1. The third-order valence-corrected chi connectivity index (χ3v) is 3.15. The Bertz CT molecular complexity index is 682. The molecule has 0 spiro atoms. The first-order valence-electron chi connectivity index (χ1n) is 6.11. The molecule has 0 unspecified atom stereocenters. The molecule has 0 aliphatic carbocycles. The summed E-state index contributed by atoms with van der Waals surface area (Å²) < 4.78 is 6.50. The van der Waals surface area contributed by atoms with Crippen LogP contribution in [0.1, 0.15) is 16.1 Å². The van der Waals surface area contributed by atoms with Gasteiger partial charge >= 0.3 is 0 Å². The summed E-state index contributed by atoms with van der Waals surface area (Å²) in [5.74, 6) is -0.125. The highest BCUT2D eigenvalue weighted by atomic mass is 16.5. The van der Waals surface area contributed by atoms with E-state index < -0.39 is 0 Å². The normalized spacial score (nSPS) is 15.9. The van der Waals surface area contributed by atoms with Crippen molar-refractivity contribution in [2.45, 2.75) is 6.92 Å². The van der Waals surface area contributed by atoms with Crippen molar-refractivity contribution in [3.05, 3.63) is 33.9 Å². The van der Waals surface area contributed by atoms with Crippen molar-refractivity contribution >= 4 is 11.6 Å². The number of carbonyl (C=O) groups is 1. The minimum Gasteiger partial charge on any atom is -0.378 e. The second-order valence-corrected chi connectivity index (χ2v) is 4.49. The molecule has 0 atom stereocenters. The summed E-state index contributed by atoms with van der Waals surface area (Å²) in [6.07, 6.45) is 1.53. The maximum absolute atomic E-state index is 12.4. The smallest absolute Gasteiger partial charge is 0.272 e. The maximum Gasteiger partial charge on any atom is 0.272 e. The first-order chi connectivity index (χ1) is 9.16. The molecule has 1 N–H and O–H groups in total. The monoisotopic (exact) mass is 262 g/mol. The molecule has 2 aromatic heterocycles. The van der Waals surface area contributed by atoms with Crippen molar-refractivity contribution in [2.24, 2.45) is 0 Å². The highest BCUT2D eigenvalue weighted by Crippen LogP contribution is 2.11. The Labute approximate surface area is 108 Å². The van der Waals surface area contributed by atoms with Gasteiger partial charge in [0.1, 0.15) is 5.56 Å². The molecule has 1 saturated heterocycles. The predicted octanol–water partition coefficient (Wildman–Crippen LogP) is -0.197. The fourth-order valence-corrected chi connectivity index (χ4v) is 2.19. The quantitative estimate of drug-likeness (QED) is 0.772. The maximum atomic E-state index is 12.4. The molecule has 7 heteroatoms. The molecule has 3 heterocycles. The van der Waals surface area contributed by atoms with E-state index in [2.05, 4.69) is 10.1 Å². The van der Waals surface area contributed by atoms with Gasteiger partial charge in [0.2, 0.25) is 0 Å². The van der Waals surface area contributed by atoms with Crippen molar-refractivity contribution in [2.75, 3.05) is 26.3 Å². The van der Waals surface area contributed by atoms with Crippen LogP contribution in [0.3, 0.4) is 0 Å². The van der Waals surface area contributed by atoms with Crippen LogP contribution >= 0.6 is 0 Å². The molecule has 100 valence electrons. The number of hydrogen-bond donors (Lipinski definition) is 1. The van der Waals surface area contributed by atoms with Crippen LogP contribution in [-0.2, 0) is 4.74 Å². The van der Waals surface area contributed by atoms with Gasteiger partial charge in [-0.2, -0.15) is 0 Å². The van der Waals surface area contributed by atoms with E-state index >= 15 is 0 Å². The van der Waals surface area contributed by atoms with Crippen LogP contribution in [0.25, 0.3) is 5.65 Å².